The van der Waals surface area contributed by atoms with Gasteiger partial charge in [0.25, 0.3) is 11.1 Å². The lowest BCUT2D eigenvalue weighted by molar-refractivity contribution is -0.122. The summed E-state index contributed by atoms with van der Waals surface area (Å²) in [6.07, 6.45) is 8.77. The molecular formula is C55H67ClN10O7. The molecule has 1 unspecified atom stereocenters. The molecule has 4 aromatic heterocycles. The van der Waals surface area contributed by atoms with E-state index in [0.29, 0.717) is 99.0 Å². The smallest absolute Gasteiger partial charge is 0.295 e. The van der Waals surface area contributed by atoms with E-state index < -0.39 is 0 Å². The third kappa shape index (κ3) is 12.8. The second-order valence-corrected chi connectivity index (χ2v) is 19.6. The van der Waals surface area contributed by atoms with Crippen LogP contribution in [0, 0.1) is 27.7 Å². The average Bonchev–Trinajstić information content (AvgIpc) is 4.01. The molecule has 18 heteroatoms. The van der Waals surface area contributed by atoms with Crippen LogP contribution < -0.4 is 21.8 Å². The van der Waals surface area contributed by atoms with Gasteiger partial charge >= 0.3 is 0 Å². The molecule has 0 bridgehead atoms. The van der Waals surface area contributed by atoms with Crippen molar-refractivity contribution in [1.82, 2.24) is 49.8 Å². The zero-order chi connectivity index (χ0) is 51.5. The number of aromatic nitrogens is 8. The number of aryl methyl sites for hydroxylation is 6. The van der Waals surface area contributed by atoms with Gasteiger partial charge in [0, 0.05) is 74.8 Å². The van der Waals surface area contributed by atoms with Gasteiger partial charge in [-0.05, 0) is 107 Å². The van der Waals surface area contributed by atoms with Gasteiger partial charge in [0.2, 0.25) is 11.8 Å². The Bertz CT molecular complexity index is 3120. The first-order valence-corrected chi connectivity index (χ1v) is 25.8. The molecule has 1 aliphatic rings. The number of carbonyl (C=O) groups is 2. The Morgan fingerprint density at radius 2 is 1.36 bits per heavy atom. The number of nitrogens with zero attached hydrogens (tertiary/aromatic N) is 8. The molecule has 2 N–H and O–H groups in total. The van der Waals surface area contributed by atoms with Gasteiger partial charge in [-0.1, -0.05) is 72.8 Å². The van der Waals surface area contributed by atoms with E-state index in [0.717, 1.165) is 71.4 Å². The molecule has 3 aromatic carbocycles. The highest BCUT2D eigenvalue weighted by Gasteiger charge is 2.34. The van der Waals surface area contributed by atoms with E-state index in [9.17, 15) is 19.2 Å². The molecular weight excluding hydrogens is 948 g/mol. The maximum absolute atomic E-state index is 13.4. The first-order valence-electron chi connectivity index (χ1n) is 25.4. The van der Waals surface area contributed by atoms with Crippen molar-refractivity contribution < 1.29 is 23.8 Å². The summed E-state index contributed by atoms with van der Waals surface area (Å²) in [6, 6.07) is 23.7. The van der Waals surface area contributed by atoms with E-state index in [4.69, 9.17) is 25.8 Å². The Labute approximate surface area is 430 Å². The monoisotopic (exact) mass is 1010 g/mol. The number of hydrogen-bond donors (Lipinski definition) is 2. The van der Waals surface area contributed by atoms with Crippen molar-refractivity contribution in [2.24, 2.45) is 0 Å². The lowest BCUT2D eigenvalue weighted by Crippen LogP contribution is -2.42. The Morgan fingerprint density at radius 1 is 0.712 bits per heavy atom. The second kappa shape index (κ2) is 24.5. The fourth-order valence-corrected chi connectivity index (χ4v) is 9.95. The van der Waals surface area contributed by atoms with Crippen LogP contribution in [-0.4, -0.2) is 97.6 Å². The van der Waals surface area contributed by atoms with Gasteiger partial charge in [-0.3, -0.25) is 19.2 Å². The van der Waals surface area contributed by atoms with E-state index in [1.165, 1.54) is 14.9 Å². The molecule has 1 atom stereocenters. The summed E-state index contributed by atoms with van der Waals surface area (Å²) in [5.41, 5.74) is 7.17. The molecule has 7 aromatic rings. The Morgan fingerprint density at radius 3 is 2.04 bits per heavy atom. The van der Waals surface area contributed by atoms with E-state index in [-0.39, 0.29) is 47.3 Å². The van der Waals surface area contributed by atoms with E-state index in [2.05, 4.69) is 55.3 Å². The van der Waals surface area contributed by atoms with Gasteiger partial charge < -0.3 is 24.8 Å². The van der Waals surface area contributed by atoms with Crippen molar-refractivity contribution in [2.45, 2.75) is 117 Å². The van der Waals surface area contributed by atoms with Crippen LogP contribution in [0.3, 0.4) is 0 Å². The lowest BCUT2D eigenvalue weighted by atomic mass is 9.69. The van der Waals surface area contributed by atoms with Crippen LogP contribution in [0.4, 0.5) is 0 Å². The van der Waals surface area contributed by atoms with E-state index in [1.807, 2.05) is 64.1 Å². The Balaban J connectivity index is 0.785. The number of nitrogens with one attached hydrogen (secondary N) is 2. The maximum Gasteiger partial charge on any atom is 0.295 e. The SMILES string of the molecule is COCCOC(COCCCNC(=O)CCCn1nc(C)c2c(C)n(-c3ccc(C)cc3)nc2c1=O)c1ccc(C2(CNC(=O)CCCn3nc(C)c4cn(-c5ccc(Cl)cc5)nc4c3=O)CCCCC2)cc1. The van der Waals surface area contributed by atoms with E-state index in [1.54, 1.807) is 34.8 Å². The fraction of sp³-hybridized carbons (Fsp3) is 0.455. The number of carbonyl (C=O) groups excluding carboxylic acids is 2. The molecule has 386 valence electrons. The van der Waals surface area contributed by atoms with Gasteiger partial charge in [-0.2, -0.15) is 20.4 Å². The first kappa shape index (κ1) is 52.8. The molecule has 8 rings (SSSR count). The number of ether oxygens (including phenoxy) is 3. The standard InChI is InChI=1S/C55H67ClN10O7/c1-37-14-22-45(23-15-37)66-40(4)50-39(3)60-64(54(70)52(50)62-66)30-9-12-48(67)57-28-11-31-72-35-47(73-33-32-71-5)41-16-18-42(19-17-41)55(26-7-6-8-27-55)36-58-49(68)13-10-29-63-53(69)51-46(38(2)59-63)34-65(61-51)44-24-20-43(56)21-25-44/h14-25,34,47H,6-13,26-33,35-36H2,1-5H3,(H,57,67)(H,58,68). The molecule has 1 saturated carbocycles. The van der Waals surface area contributed by atoms with Crippen molar-refractivity contribution >= 4 is 45.2 Å². The van der Waals surface area contributed by atoms with Gasteiger partial charge in [0.1, 0.15) is 6.10 Å². The largest absolute Gasteiger partial charge is 0.382 e. The second-order valence-electron chi connectivity index (χ2n) is 19.2. The first-order chi connectivity index (χ1) is 35.3. The topological polar surface area (TPSA) is 191 Å². The Hall–Kier alpha value is -6.53. The highest BCUT2D eigenvalue weighted by atomic mass is 35.5. The Kier molecular flexibility index (Phi) is 17.7. The summed E-state index contributed by atoms with van der Waals surface area (Å²) in [4.78, 5) is 53.0. The minimum atomic E-state index is -0.327. The fourth-order valence-electron chi connectivity index (χ4n) is 9.83. The number of halogens is 1. The predicted molar refractivity (Wildman–Crippen MR) is 282 cm³/mol. The number of benzene rings is 3. The number of hydrogen-bond acceptors (Lipinski definition) is 11. The maximum atomic E-state index is 13.4. The highest BCUT2D eigenvalue weighted by molar-refractivity contribution is 6.30. The summed E-state index contributed by atoms with van der Waals surface area (Å²) in [5, 5.41) is 26.6. The van der Waals surface area contributed by atoms with Gasteiger partial charge in [0.15, 0.2) is 11.0 Å². The molecule has 0 aliphatic heterocycles. The summed E-state index contributed by atoms with van der Waals surface area (Å²) in [5.74, 6) is -0.158. The minimum absolute atomic E-state index is 0.0588. The van der Waals surface area contributed by atoms with Crippen LogP contribution in [0.1, 0.15) is 104 Å². The highest BCUT2D eigenvalue weighted by Crippen LogP contribution is 2.39. The third-order valence-corrected chi connectivity index (χ3v) is 14.2. The van der Waals surface area contributed by atoms with Gasteiger partial charge in [-0.25, -0.2) is 18.7 Å². The van der Waals surface area contributed by atoms with Gasteiger partial charge in [0.05, 0.1) is 53.7 Å². The summed E-state index contributed by atoms with van der Waals surface area (Å²) >= 11 is 6.07. The molecule has 0 radical (unpaired) electrons. The van der Waals surface area contributed by atoms with E-state index >= 15 is 0 Å². The molecule has 1 fully saturated rings. The number of fused-ring (bicyclic) bond motifs is 2. The lowest BCUT2D eigenvalue weighted by Gasteiger charge is -2.38. The molecule has 0 spiro atoms. The zero-order valence-electron chi connectivity index (χ0n) is 42.6. The molecule has 1 aliphatic carbocycles. The third-order valence-electron chi connectivity index (χ3n) is 13.9. The van der Waals surface area contributed by atoms with Crippen molar-refractivity contribution in [1.29, 1.82) is 0 Å². The van der Waals surface area contributed by atoms with Crippen LogP contribution in [0.5, 0.6) is 0 Å². The van der Waals surface area contributed by atoms with Crippen molar-refractivity contribution in [3.8, 4) is 11.4 Å². The number of rotatable bonds is 24. The molecule has 73 heavy (non-hydrogen) atoms. The molecule has 17 nitrogen and oxygen atoms in total. The van der Waals surface area contributed by atoms with Crippen LogP contribution >= 0.6 is 11.6 Å². The van der Waals surface area contributed by atoms with Crippen molar-refractivity contribution in [3.63, 3.8) is 0 Å². The quantitative estimate of drug-likeness (QED) is 0.0560. The van der Waals surface area contributed by atoms with Crippen LogP contribution in [0.15, 0.2) is 88.6 Å². The van der Waals surface area contributed by atoms with Crippen LogP contribution in [-0.2, 0) is 42.3 Å². The molecule has 4 heterocycles. The molecule has 2 amide bonds. The summed E-state index contributed by atoms with van der Waals surface area (Å²) in [7, 11) is 1.64. The van der Waals surface area contributed by atoms with Crippen LogP contribution in [0.2, 0.25) is 5.02 Å². The predicted octanol–water partition coefficient (Wildman–Crippen LogP) is 7.87. The van der Waals surface area contributed by atoms with Crippen molar-refractivity contribution in [3.05, 3.63) is 138 Å². The molecule has 0 saturated heterocycles. The zero-order valence-corrected chi connectivity index (χ0v) is 43.4. The summed E-state index contributed by atoms with van der Waals surface area (Å²) < 4.78 is 23.9. The average molecular weight is 1020 g/mol. The number of methoxy groups -OCH3 is 1. The normalized spacial score (nSPS) is 13.9. The van der Waals surface area contributed by atoms with Gasteiger partial charge in [-0.15, -0.1) is 0 Å². The summed E-state index contributed by atoms with van der Waals surface area (Å²) in [6.45, 7) is 10.9. The minimum Gasteiger partial charge on any atom is -0.382 e. The van der Waals surface area contributed by atoms with Crippen molar-refractivity contribution in [2.75, 3.05) is 46.6 Å². The van der Waals surface area contributed by atoms with Crippen LogP contribution in [0.25, 0.3) is 33.2 Å². The number of amides is 2.